The molecule has 0 atom stereocenters. The summed E-state index contributed by atoms with van der Waals surface area (Å²) in [6, 6.07) is 15.8. The summed E-state index contributed by atoms with van der Waals surface area (Å²) in [5, 5.41) is 59.1. The number of fused-ring (bicyclic) bond motifs is 3. The zero-order chi connectivity index (χ0) is 98.7. The first-order valence-electron chi connectivity index (χ1n) is 41.1. The fraction of sp³-hybridized carbons (Fsp3) is 0.258. The number of phenolic OH excluding ortho intramolecular Hbond substituents is 3. The van der Waals surface area contributed by atoms with Crippen LogP contribution in [0.5, 0.6) is 17.2 Å². The van der Waals surface area contributed by atoms with Crippen molar-refractivity contribution in [3.63, 3.8) is 0 Å². The Morgan fingerprint density at radius 2 is 0.644 bits per heavy atom. The average molecular weight is 2070 g/mol. The van der Waals surface area contributed by atoms with Crippen molar-refractivity contribution in [1.29, 1.82) is 15.8 Å². The standard InChI is InChI=1S/3C31H25Cl4FN6O3/c2*1-5-19(43)40-8-10-41(11-9-40)28-16-12-18(32)26(20-21(33)22(34)23(35)29(44)24(20)36)39-30(16)42(31(45)17(28)13-37)27-15(4)6-7-38-25(27)14(2)3;1-5-19(43)40-8-10-41(11-9-40)28-16-12-18(32)26(20-21(33)24(36)23(35)29(44)22(20)34)39-30(16)42(31(45)17(28)13-37)27-15(4)6-7-38-25(27)14(2)3/h3*5-7,12,14,44H,1,8-11H2,2-4H3. The van der Waals surface area contributed by atoms with Gasteiger partial charge < -0.3 is 44.7 Å². The van der Waals surface area contributed by atoms with E-state index >= 15 is 8.78 Å². The Morgan fingerprint density at radius 1 is 0.378 bits per heavy atom. The fourth-order valence-corrected chi connectivity index (χ4v) is 19.4. The third-order valence-electron chi connectivity index (χ3n) is 23.0. The lowest BCUT2D eigenvalue weighted by Gasteiger charge is -2.36. The molecule has 3 saturated heterocycles. The number of aromatic nitrogens is 9. The third-order valence-corrected chi connectivity index (χ3v) is 27.6. The Kier molecular flexibility index (Phi) is 30.4. The molecule has 3 aliphatic heterocycles. The van der Waals surface area contributed by atoms with Crippen molar-refractivity contribution >= 4 is 207 Å². The van der Waals surface area contributed by atoms with Crippen molar-refractivity contribution in [2.24, 2.45) is 0 Å². The van der Waals surface area contributed by atoms with Gasteiger partial charge in [0.2, 0.25) is 17.7 Å². The molecule has 0 spiro atoms. The normalized spacial score (nSPS) is 13.4. The van der Waals surface area contributed by atoms with Crippen LogP contribution in [0.4, 0.5) is 30.2 Å². The number of carbonyl (C=O) groups excluding carboxylic acids is 3. The molecule has 42 heteroatoms. The third kappa shape index (κ3) is 18.2. The van der Waals surface area contributed by atoms with Crippen LogP contribution in [0, 0.1) is 72.2 Å². The molecule has 12 aromatic rings. The molecule has 3 aliphatic rings. The lowest BCUT2D eigenvalue weighted by atomic mass is 10.0. The van der Waals surface area contributed by atoms with Gasteiger partial charge in [-0.15, -0.1) is 0 Å². The lowest BCUT2D eigenvalue weighted by molar-refractivity contribution is -0.127. The van der Waals surface area contributed by atoms with Gasteiger partial charge >= 0.3 is 0 Å². The van der Waals surface area contributed by atoms with E-state index < -0.39 is 87.6 Å². The Morgan fingerprint density at radius 3 is 0.896 bits per heavy atom. The number of hydrogen-bond acceptors (Lipinski definition) is 21. The van der Waals surface area contributed by atoms with Gasteiger partial charge in [-0.05, 0) is 110 Å². The summed E-state index contributed by atoms with van der Waals surface area (Å²) in [4.78, 5) is 118. The van der Waals surface area contributed by atoms with Crippen molar-refractivity contribution in [2.45, 2.75) is 80.1 Å². The highest BCUT2D eigenvalue weighted by Crippen LogP contribution is 2.53. The number of anilines is 3. The number of benzene rings is 3. The summed E-state index contributed by atoms with van der Waals surface area (Å²) < 4.78 is 50.0. The van der Waals surface area contributed by atoms with E-state index in [0.717, 1.165) is 0 Å². The monoisotopic (exact) mass is 2060 g/mol. The zero-order valence-corrected chi connectivity index (χ0v) is 81.8. The minimum atomic E-state index is -1.21. The Balaban J connectivity index is 0.000000171. The molecule has 3 aromatic carbocycles. The van der Waals surface area contributed by atoms with Crippen LogP contribution in [0.15, 0.2) is 107 Å². The predicted molar refractivity (Wildman–Crippen MR) is 524 cm³/mol. The molecule has 0 radical (unpaired) electrons. The van der Waals surface area contributed by atoms with Crippen molar-refractivity contribution < 1.29 is 42.9 Å². The highest BCUT2D eigenvalue weighted by Gasteiger charge is 2.38. The van der Waals surface area contributed by atoms with E-state index in [-0.39, 0.29) is 170 Å². The first-order chi connectivity index (χ1) is 64.0. The largest absolute Gasteiger partial charge is 0.505 e. The number of nitriles is 3. The number of piperazine rings is 3. The molecule has 3 N–H and O–H groups in total. The number of aryl methyl sites for hydroxylation is 3. The molecule has 12 heterocycles. The van der Waals surface area contributed by atoms with E-state index in [2.05, 4.69) is 52.9 Å². The smallest absolute Gasteiger partial charge is 0.276 e. The van der Waals surface area contributed by atoms with Crippen LogP contribution in [0.25, 0.3) is 83.9 Å². The molecular weight excluding hydrogens is 2000 g/mol. The maximum Gasteiger partial charge on any atom is 0.276 e. The summed E-state index contributed by atoms with van der Waals surface area (Å²) in [6.07, 6.45) is 8.55. The molecule has 0 unspecified atom stereocenters. The number of hydrogen-bond donors (Lipinski definition) is 3. The maximum absolute atomic E-state index is 15.6. The van der Waals surface area contributed by atoms with Crippen LogP contribution < -0.4 is 31.4 Å². The molecule has 135 heavy (non-hydrogen) atoms. The summed E-state index contributed by atoms with van der Waals surface area (Å²) in [5.74, 6) is -7.35. The van der Waals surface area contributed by atoms with Gasteiger partial charge in [-0.1, -0.05) is 200 Å². The maximum atomic E-state index is 15.6. The van der Waals surface area contributed by atoms with Gasteiger partial charge in [0, 0.05) is 119 Å². The second kappa shape index (κ2) is 40.7. The Bertz CT molecular complexity index is 6650. The fourth-order valence-electron chi connectivity index (χ4n) is 16.4. The molecule has 3 amide bonds. The second-order valence-corrected chi connectivity index (χ2v) is 36.7. The summed E-state index contributed by atoms with van der Waals surface area (Å²) in [7, 11) is 0. The summed E-state index contributed by atoms with van der Waals surface area (Å²) in [5.41, 5.74) is 1.56. The lowest BCUT2D eigenvalue weighted by Crippen LogP contribution is -2.49. The number of rotatable bonds is 15. The van der Waals surface area contributed by atoms with E-state index in [0.29, 0.717) is 119 Å². The van der Waals surface area contributed by atoms with Crippen LogP contribution in [-0.4, -0.2) is 170 Å². The van der Waals surface area contributed by atoms with Crippen molar-refractivity contribution in [2.75, 3.05) is 93.2 Å². The van der Waals surface area contributed by atoms with Crippen LogP contribution in [-0.2, 0) is 14.4 Å². The van der Waals surface area contributed by atoms with Gasteiger partial charge in [0.05, 0.1) is 125 Å². The van der Waals surface area contributed by atoms with Crippen LogP contribution >= 0.6 is 139 Å². The number of aromatic hydroxyl groups is 3. The number of phenols is 3. The number of pyridine rings is 9. The number of amides is 3. The molecule has 0 bridgehead atoms. The van der Waals surface area contributed by atoms with Gasteiger partial charge in [0.15, 0.2) is 34.7 Å². The van der Waals surface area contributed by atoms with Gasteiger partial charge in [0.1, 0.15) is 66.9 Å². The molecule has 0 aliphatic carbocycles. The number of nitrogens with zero attached hydrogens (tertiary/aromatic N) is 18. The quantitative estimate of drug-likeness (QED) is 0.0487. The topological polar surface area (TPSA) is 346 Å². The highest BCUT2D eigenvalue weighted by molar-refractivity contribution is 6.51. The minimum absolute atomic E-state index is 0.0250. The summed E-state index contributed by atoms with van der Waals surface area (Å²) in [6.45, 7) is 31.1. The van der Waals surface area contributed by atoms with Gasteiger partial charge in [-0.2, -0.15) is 15.8 Å². The van der Waals surface area contributed by atoms with E-state index in [1.165, 1.54) is 50.1 Å². The number of carbonyl (C=O) groups is 3. The molecule has 696 valence electrons. The van der Waals surface area contributed by atoms with Crippen LogP contribution in [0.1, 0.15) is 110 Å². The SMILES string of the molecule is C=CC(=O)N1CCN(c2c(C#N)c(=O)n(-c3c(C)ccnc3C(C)C)c3nc(-c4c(Cl)c(O)c(Cl)c(F)c4Cl)c(Cl)cc23)CC1.C=CC(=O)N1CCN(c2c(C#N)c(=O)n(-c3c(C)ccnc3C(C)C)c3nc(-c4c(F)c(O)c(Cl)c(Cl)c4Cl)c(Cl)cc23)CC1.C=CC(=O)N1CCN(c2c(C#N)c(=O)n(-c3c(C)ccnc3C(C)C)c3nc(-c4c(F)c(O)c(Cl)c(Cl)c4Cl)c(Cl)cc23)CC1. The first kappa shape index (κ1) is 101. The molecular formula is C93H75Cl12F3N18O9. The Labute approximate surface area is 829 Å². The summed E-state index contributed by atoms with van der Waals surface area (Å²) >= 11 is 76.2. The second-order valence-electron chi connectivity index (χ2n) is 32.0. The Hall–Kier alpha value is -11.6. The van der Waals surface area contributed by atoms with Crippen LogP contribution in [0.2, 0.25) is 60.3 Å². The van der Waals surface area contributed by atoms with Gasteiger partial charge in [-0.3, -0.25) is 57.4 Å². The average Bonchev–Trinajstić information content (AvgIpc) is 0.728. The predicted octanol–water partition coefficient (Wildman–Crippen LogP) is 21.1. The molecule has 0 saturated carbocycles. The van der Waals surface area contributed by atoms with E-state index in [1.807, 2.05) is 56.2 Å². The zero-order valence-electron chi connectivity index (χ0n) is 72.8. The first-order valence-corrected chi connectivity index (χ1v) is 45.6. The van der Waals surface area contributed by atoms with Crippen LogP contribution in [0.3, 0.4) is 0 Å². The molecule has 3 fully saturated rings. The molecule has 27 nitrogen and oxygen atoms in total. The van der Waals surface area contributed by atoms with E-state index in [1.54, 1.807) is 72.3 Å². The van der Waals surface area contributed by atoms with E-state index in [4.69, 9.17) is 154 Å². The van der Waals surface area contributed by atoms with Crippen molar-refractivity contribution in [3.05, 3.63) is 252 Å². The van der Waals surface area contributed by atoms with Crippen molar-refractivity contribution in [3.8, 4) is 86.3 Å². The van der Waals surface area contributed by atoms with E-state index in [9.17, 15) is 64.3 Å². The van der Waals surface area contributed by atoms with Crippen molar-refractivity contribution in [1.82, 2.24) is 58.3 Å². The minimum Gasteiger partial charge on any atom is -0.505 e. The highest BCUT2D eigenvalue weighted by atomic mass is 35.5. The number of halogens is 15. The molecule has 9 aromatic heterocycles. The van der Waals surface area contributed by atoms with Gasteiger partial charge in [0.25, 0.3) is 16.7 Å². The molecule has 15 rings (SSSR count). The van der Waals surface area contributed by atoms with Gasteiger partial charge in [-0.25, -0.2) is 28.1 Å².